The number of ether oxygens (including phenoxy) is 1. The third-order valence-corrected chi connectivity index (χ3v) is 3.41. The van der Waals surface area contributed by atoms with Gasteiger partial charge in [-0.2, -0.15) is 4.40 Å². The molecule has 0 bridgehead atoms. The highest BCUT2D eigenvalue weighted by Gasteiger charge is 2.21. The van der Waals surface area contributed by atoms with Gasteiger partial charge < -0.3 is 15.8 Å². The molecule has 0 aromatic rings. The number of likely N-dealkylation sites (N-methyl/N-ethyl adjacent to an activating group) is 1. The van der Waals surface area contributed by atoms with E-state index in [4.69, 9.17) is 10.5 Å². The Labute approximate surface area is 120 Å². The van der Waals surface area contributed by atoms with E-state index in [1.54, 1.807) is 0 Å². The van der Waals surface area contributed by atoms with Crippen molar-refractivity contribution >= 4 is 18.0 Å². The molecule has 5 nitrogen and oxygen atoms in total. The van der Waals surface area contributed by atoms with E-state index < -0.39 is 0 Å². The van der Waals surface area contributed by atoms with E-state index in [0.717, 1.165) is 23.6 Å². The van der Waals surface area contributed by atoms with Gasteiger partial charge >= 0.3 is 0 Å². The molecular weight excluding hydrogens is 260 g/mol. The zero-order valence-electron chi connectivity index (χ0n) is 12.1. The number of rotatable bonds is 6. The molecule has 1 heterocycles. The Kier molecular flexibility index (Phi) is 6.24. The highest BCUT2D eigenvalue weighted by atomic mass is 32.2. The predicted octanol–water partition coefficient (Wildman–Crippen LogP) is 1.95. The average molecular weight is 284 g/mol. The van der Waals surface area contributed by atoms with Crippen molar-refractivity contribution in [3.8, 4) is 0 Å². The zero-order valence-corrected chi connectivity index (χ0v) is 12.9. The van der Waals surface area contributed by atoms with Crippen molar-refractivity contribution in [3.05, 3.63) is 23.6 Å². The minimum absolute atomic E-state index is 0.0742. The molecule has 1 unspecified atom stereocenters. The summed E-state index contributed by atoms with van der Waals surface area (Å²) in [6.45, 7) is 13.7. The first-order chi connectivity index (χ1) is 8.97. The Morgan fingerprint density at radius 1 is 1.63 bits per heavy atom. The maximum Gasteiger partial charge on any atom is 0.140 e. The van der Waals surface area contributed by atoms with Crippen molar-refractivity contribution in [1.29, 1.82) is 0 Å². The lowest BCUT2D eigenvalue weighted by Crippen LogP contribution is -2.32. The van der Waals surface area contributed by atoms with Crippen LogP contribution in [0.2, 0.25) is 0 Å². The SMILES string of the molecule is C=C(NCC)C(O/C(C)=C1/CNSN=C1N)C(C)C. The molecule has 0 saturated carbocycles. The fourth-order valence-electron chi connectivity index (χ4n) is 1.84. The number of nitrogens with two attached hydrogens (primary N) is 1. The van der Waals surface area contributed by atoms with Crippen molar-refractivity contribution in [2.45, 2.75) is 33.8 Å². The average Bonchev–Trinajstić information content (AvgIpc) is 2.36. The van der Waals surface area contributed by atoms with Crippen LogP contribution in [-0.2, 0) is 4.74 Å². The second-order valence-corrected chi connectivity index (χ2v) is 5.42. The van der Waals surface area contributed by atoms with Crippen LogP contribution in [0.25, 0.3) is 0 Å². The number of allylic oxidation sites excluding steroid dienone is 1. The maximum absolute atomic E-state index is 6.04. The minimum atomic E-state index is -0.0742. The van der Waals surface area contributed by atoms with Crippen LogP contribution < -0.4 is 15.8 Å². The monoisotopic (exact) mass is 284 g/mol. The molecular formula is C13H24N4OS. The molecule has 1 aliphatic heterocycles. The van der Waals surface area contributed by atoms with Gasteiger partial charge in [0, 0.05) is 24.4 Å². The van der Waals surface area contributed by atoms with Gasteiger partial charge in [-0.15, -0.1) is 0 Å². The Hall–Kier alpha value is -1.14. The number of nitrogens with one attached hydrogen (secondary N) is 2. The van der Waals surface area contributed by atoms with Gasteiger partial charge in [0.15, 0.2) is 0 Å². The first kappa shape index (κ1) is 15.9. The molecule has 0 aromatic heterocycles. The summed E-state index contributed by atoms with van der Waals surface area (Å²) in [5.41, 5.74) is 7.69. The normalized spacial score (nSPS) is 19.7. The molecule has 1 rings (SSSR count). The summed E-state index contributed by atoms with van der Waals surface area (Å²) in [7, 11) is 0. The topological polar surface area (TPSA) is 71.7 Å². The van der Waals surface area contributed by atoms with Gasteiger partial charge in [0.05, 0.1) is 12.1 Å². The van der Waals surface area contributed by atoms with E-state index >= 15 is 0 Å². The summed E-state index contributed by atoms with van der Waals surface area (Å²) in [4.78, 5) is 0. The summed E-state index contributed by atoms with van der Waals surface area (Å²) < 4.78 is 13.2. The molecule has 0 radical (unpaired) electrons. The lowest BCUT2D eigenvalue weighted by atomic mass is 10.0. The number of hydrogen-bond acceptors (Lipinski definition) is 6. The Balaban J connectivity index is 2.84. The van der Waals surface area contributed by atoms with Crippen LogP contribution in [0, 0.1) is 5.92 Å². The molecule has 108 valence electrons. The lowest BCUT2D eigenvalue weighted by Gasteiger charge is -2.27. The number of amidine groups is 1. The van der Waals surface area contributed by atoms with Gasteiger partial charge in [-0.1, -0.05) is 20.4 Å². The van der Waals surface area contributed by atoms with Crippen LogP contribution in [0.1, 0.15) is 27.7 Å². The molecule has 0 spiro atoms. The van der Waals surface area contributed by atoms with E-state index in [9.17, 15) is 0 Å². The van der Waals surface area contributed by atoms with Gasteiger partial charge in [-0.05, 0) is 19.8 Å². The first-order valence-electron chi connectivity index (χ1n) is 6.49. The van der Waals surface area contributed by atoms with Crippen molar-refractivity contribution in [1.82, 2.24) is 10.0 Å². The molecule has 19 heavy (non-hydrogen) atoms. The molecule has 4 N–H and O–H groups in total. The van der Waals surface area contributed by atoms with Crippen LogP contribution in [0.15, 0.2) is 28.0 Å². The van der Waals surface area contributed by atoms with Crippen molar-refractivity contribution in [2.24, 2.45) is 16.0 Å². The molecule has 0 aliphatic carbocycles. The van der Waals surface area contributed by atoms with Crippen LogP contribution in [0.3, 0.4) is 0 Å². The molecule has 0 saturated heterocycles. The molecule has 0 aromatic carbocycles. The number of hydrogen-bond donors (Lipinski definition) is 3. The van der Waals surface area contributed by atoms with Crippen LogP contribution >= 0.6 is 12.1 Å². The smallest absolute Gasteiger partial charge is 0.140 e. The second-order valence-electron chi connectivity index (χ2n) is 4.76. The van der Waals surface area contributed by atoms with E-state index in [1.165, 1.54) is 12.1 Å². The van der Waals surface area contributed by atoms with E-state index in [-0.39, 0.29) is 6.10 Å². The van der Waals surface area contributed by atoms with Gasteiger partial charge in [0.2, 0.25) is 0 Å². The highest BCUT2D eigenvalue weighted by Crippen LogP contribution is 2.20. The van der Waals surface area contributed by atoms with Crippen LogP contribution in [-0.4, -0.2) is 25.0 Å². The Morgan fingerprint density at radius 2 is 2.32 bits per heavy atom. The molecule has 1 atom stereocenters. The van der Waals surface area contributed by atoms with Crippen molar-refractivity contribution in [2.75, 3.05) is 13.1 Å². The van der Waals surface area contributed by atoms with Crippen molar-refractivity contribution in [3.63, 3.8) is 0 Å². The number of nitrogens with zero attached hydrogens (tertiary/aromatic N) is 1. The summed E-state index contributed by atoms with van der Waals surface area (Å²) in [6, 6.07) is 0. The van der Waals surface area contributed by atoms with Crippen molar-refractivity contribution < 1.29 is 4.74 Å². The summed E-state index contributed by atoms with van der Waals surface area (Å²) in [6.07, 6.45) is -0.0742. The van der Waals surface area contributed by atoms with Gasteiger partial charge in [0.25, 0.3) is 0 Å². The zero-order chi connectivity index (χ0) is 14.4. The van der Waals surface area contributed by atoms with Crippen LogP contribution in [0.4, 0.5) is 0 Å². The quantitative estimate of drug-likeness (QED) is 0.513. The Bertz CT molecular complexity index is 390. The third kappa shape index (κ3) is 4.47. The first-order valence-corrected chi connectivity index (χ1v) is 7.26. The molecule has 1 aliphatic rings. The maximum atomic E-state index is 6.04. The lowest BCUT2D eigenvalue weighted by molar-refractivity contribution is 0.101. The fourth-order valence-corrected chi connectivity index (χ4v) is 2.32. The van der Waals surface area contributed by atoms with Crippen LogP contribution in [0.5, 0.6) is 0 Å². The standard InChI is InChI=1S/C13H24N4OS/c1-6-15-9(4)12(8(2)3)18-10(5)11-7-16-19-17-13(11)14/h8,12,15-16H,4,6-7H2,1-3,5H3,(H2,14,17)/b11-10-. The summed E-state index contributed by atoms with van der Waals surface area (Å²) in [5, 5.41) is 3.22. The van der Waals surface area contributed by atoms with Gasteiger partial charge in [0.1, 0.15) is 17.7 Å². The highest BCUT2D eigenvalue weighted by molar-refractivity contribution is 7.96. The molecule has 6 heteroatoms. The fraction of sp³-hybridized carbons (Fsp3) is 0.615. The van der Waals surface area contributed by atoms with E-state index in [0.29, 0.717) is 18.3 Å². The molecule has 0 amide bonds. The van der Waals surface area contributed by atoms with E-state index in [1.807, 2.05) is 13.8 Å². The van der Waals surface area contributed by atoms with Gasteiger partial charge in [-0.25, -0.2) is 4.72 Å². The molecule has 0 fully saturated rings. The largest absolute Gasteiger partial charge is 0.488 e. The predicted molar refractivity (Wildman–Crippen MR) is 82.4 cm³/mol. The van der Waals surface area contributed by atoms with Gasteiger partial charge in [-0.3, -0.25) is 0 Å². The van der Waals surface area contributed by atoms with E-state index in [2.05, 4.69) is 34.9 Å². The third-order valence-electron chi connectivity index (χ3n) is 2.85. The summed E-state index contributed by atoms with van der Waals surface area (Å²) >= 11 is 1.26. The minimum Gasteiger partial charge on any atom is -0.488 e. The second kappa shape index (κ2) is 7.45. The summed E-state index contributed by atoms with van der Waals surface area (Å²) in [5.74, 6) is 1.65. The Morgan fingerprint density at radius 3 is 2.84 bits per heavy atom.